The fourth-order valence-electron chi connectivity index (χ4n) is 3.99. The summed E-state index contributed by atoms with van der Waals surface area (Å²) in [7, 11) is -2.30. The van der Waals surface area contributed by atoms with Gasteiger partial charge in [-0.2, -0.15) is 0 Å². The predicted molar refractivity (Wildman–Crippen MR) is 123 cm³/mol. The van der Waals surface area contributed by atoms with Crippen LogP contribution in [0.1, 0.15) is 6.92 Å². The molecule has 0 saturated heterocycles. The van der Waals surface area contributed by atoms with Crippen LogP contribution in [-0.2, 0) is 4.79 Å². The number of nitrogens with zero attached hydrogens (tertiary/aromatic N) is 1. The molecule has 146 valence electrons. The third kappa shape index (κ3) is 4.32. The Balaban J connectivity index is 2.15. The molecule has 2 N–H and O–H groups in total. The van der Waals surface area contributed by atoms with Gasteiger partial charge in [-0.15, -0.1) is 0 Å². The fourth-order valence-corrected chi connectivity index (χ4v) is 8.74. The topological polar surface area (TPSA) is 46.3 Å². The Hall–Kier alpha value is -2.48. The first-order valence-electron chi connectivity index (χ1n) is 9.80. The second-order valence-corrected chi connectivity index (χ2v) is 11.1. The Kier molecular flexibility index (Phi) is 6.97. The van der Waals surface area contributed by atoms with E-state index in [1.807, 2.05) is 4.90 Å². The summed E-state index contributed by atoms with van der Waals surface area (Å²) in [5.41, 5.74) is 5.76. The fraction of sp³-hybridized carbons (Fsp3) is 0.208. The second kappa shape index (κ2) is 9.64. The molecule has 3 nitrogen and oxygen atoms in total. The van der Waals surface area contributed by atoms with Gasteiger partial charge in [-0.1, -0.05) is 0 Å². The predicted octanol–water partition coefficient (Wildman–Crippen LogP) is 2.52. The molecule has 0 aliphatic carbocycles. The SMILES string of the molecule is CC(=O)N(CCN)CC[PH](c1ccccc1)(c1ccccc1)c1ccccc1. The molecule has 0 saturated carbocycles. The molecule has 0 heterocycles. The monoisotopic (exact) mass is 392 g/mol. The van der Waals surface area contributed by atoms with Crippen LogP contribution >= 0.6 is 7.26 Å². The number of rotatable bonds is 8. The maximum atomic E-state index is 12.1. The van der Waals surface area contributed by atoms with Gasteiger partial charge in [-0.3, -0.25) is 0 Å². The van der Waals surface area contributed by atoms with Crippen molar-refractivity contribution in [2.24, 2.45) is 5.73 Å². The summed E-state index contributed by atoms with van der Waals surface area (Å²) >= 11 is 0. The summed E-state index contributed by atoms with van der Waals surface area (Å²) in [5, 5.41) is 4.09. The van der Waals surface area contributed by atoms with Gasteiger partial charge in [0.15, 0.2) is 0 Å². The zero-order valence-corrected chi connectivity index (χ0v) is 17.4. The first kappa shape index (κ1) is 20.3. The zero-order valence-electron chi connectivity index (χ0n) is 16.4. The summed E-state index contributed by atoms with van der Waals surface area (Å²) in [6.45, 7) is 3.41. The van der Waals surface area contributed by atoms with Gasteiger partial charge in [0.05, 0.1) is 0 Å². The minimum atomic E-state index is -2.30. The van der Waals surface area contributed by atoms with Crippen molar-refractivity contribution in [2.75, 3.05) is 25.8 Å². The number of nitrogens with two attached hydrogens (primary N) is 1. The van der Waals surface area contributed by atoms with E-state index >= 15 is 0 Å². The molecule has 3 aromatic rings. The Labute approximate surface area is 168 Å². The van der Waals surface area contributed by atoms with Crippen molar-refractivity contribution in [1.82, 2.24) is 4.90 Å². The molecule has 0 unspecified atom stereocenters. The number of hydrogen-bond acceptors (Lipinski definition) is 2. The number of carbonyl (C=O) groups is 1. The van der Waals surface area contributed by atoms with E-state index in [4.69, 9.17) is 5.73 Å². The molecule has 0 aliphatic heterocycles. The van der Waals surface area contributed by atoms with Crippen LogP contribution in [0.5, 0.6) is 0 Å². The summed E-state index contributed by atoms with van der Waals surface area (Å²) in [6, 6.07) is 32.4. The molecule has 4 heteroatoms. The molecular formula is C24H29N2OP. The molecule has 3 rings (SSSR count). The van der Waals surface area contributed by atoms with Crippen molar-refractivity contribution < 1.29 is 4.79 Å². The summed E-state index contributed by atoms with van der Waals surface area (Å²) < 4.78 is 0. The number of hydrogen-bond donors (Lipinski definition) is 1. The number of amides is 1. The number of benzene rings is 3. The van der Waals surface area contributed by atoms with Crippen LogP contribution in [0, 0.1) is 0 Å². The normalized spacial score (nSPS) is 11.8. The third-order valence-electron chi connectivity index (χ3n) is 5.40. The van der Waals surface area contributed by atoms with E-state index in [0.29, 0.717) is 19.6 Å². The first-order valence-corrected chi connectivity index (χ1v) is 12.0. The molecule has 0 atom stereocenters. The van der Waals surface area contributed by atoms with Gasteiger partial charge >= 0.3 is 168 Å². The van der Waals surface area contributed by atoms with Gasteiger partial charge in [0.25, 0.3) is 0 Å². The zero-order chi connectivity index (χ0) is 19.8. The Morgan fingerprint density at radius 2 is 1.14 bits per heavy atom. The average Bonchev–Trinajstić information content (AvgIpc) is 2.75. The van der Waals surface area contributed by atoms with Gasteiger partial charge in [-0.25, -0.2) is 0 Å². The average molecular weight is 392 g/mol. The Morgan fingerprint density at radius 3 is 1.46 bits per heavy atom. The molecule has 0 fully saturated rings. The third-order valence-corrected chi connectivity index (χ3v) is 10.3. The van der Waals surface area contributed by atoms with Crippen LogP contribution in [0.3, 0.4) is 0 Å². The maximum absolute atomic E-state index is 12.1. The van der Waals surface area contributed by atoms with Crippen molar-refractivity contribution >= 4 is 29.1 Å². The van der Waals surface area contributed by atoms with E-state index in [-0.39, 0.29) is 5.91 Å². The molecule has 0 aliphatic rings. The van der Waals surface area contributed by atoms with Crippen LogP contribution < -0.4 is 21.6 Å². The van der Waals surface area contributed by atoms with E-state index in [1.54, 1.807) is 6.92 Å². The van der Waals surface area contributed by atoms with Gasteiger partial charge in [-0.05, 0) is 0 Å². The molecule has 0 bridgehead atoms. The van der Waals surface area contributed by atoms with Crippen molar-refractivity contribution in [1.29, 1.82) is 0 Å². The van der Waals surface area contributed by atoms with E-state index in [2.05, 4.69) is 91.0 Å². The molecule has 0 radical (unpaired) electrons. The van der Waals surface area contributed by atoms with E-state index in [0.717, 1.165) is 6.16 Å². The van der Waals surface area contributed by atoms with Crippen molar-refractivity contribution in [3.8, 4) is 0 Å². The van der Waals surface area contributed by atoms with Crippen LogP contribution in [-0.4, -0.2) is 36.6 Å². The molecule has 28 heavy (non-hydrogen) atoms. The minimum absolute atomic E-state index is 0.0857. The number of carbonyl (C=O) groups excluding carboxylic acids is 1. The Morgan fingerprint density at radius 1 is 0.750 bits per heavy atom. The first-order chi connectivity index (χ1) is 13.7. The molecule has 1 amide bonds. The van der Waals surface area contributed by atoms with Gasteiger partial charge in [0.2, 0.25) is 0 Å². The van der Waals surface area contributed by atoms with Crippen molar-refractivity contribution in [3.63, 3.8) is 0 Å². The van der Waals surface area contributed by atoms with Crippen LogP contribution in [0.4, 0.5) is 0 Å². The second-order valence-electron chi connectivity index (χ2n) is 7.05. The molecule has 3 aromatic carbocycles. The van der Waals surface area contributed by atoms with Crippen LogP contribution in [0.15, 0.2) is 91.0 Å². The summed E-state index contributed by atoms with van der Waals surface area (Å²) in [5.74, 6) is 0.0857. The van der Waals surface area contributed by atoms with Gasteiger partial charge in [0.1, 0.15) is 0 Å². The van der Waals surface area contributed by atoms with E-state index in [9.17, 15) is 4.79 Å². The van der Waals surface area contributed by atoms with E-state index < -0.39 is 7.26 Å². The molecule has 0 aromatic heterocycles. The Bertz CT molecular complexity index is 772. The molecular weight excluding hydrogens is 363 g/mol. The van der Waals surface area contributed by atoms with Crippen molar-refractivity contribution in [2.45, 2.75) is 6.92 Å². The summed E-state index contributed by atoms with van der Waals surface area (Å²) in [4.78, 5) is 14.0. The quantitative estimate of drug-likeness (QED) is 0.599. The van der Waals surface area contributed by atoms with Gasteiger partial charge < -0.3 is 0 Å². The van der Waals surface area contributed by atoms with Crippen LogP contribution in [0.2, 0.25) is 0 Å². The van der Waals surface area contributed by atoms with Crippen LogP contribution in [0.25, 0.3) is 0 Å². The summed E-state index contributed by atoms with van der Waals surface area (Å²) in [6.07, 6.45) is 0.921. The molecule has 0 spiro atoms. The van der Waals surface area contributed by atoms with Crippen molar-refractivity contribution in [3.05, 3.63) is 91.0 Å². The standard InChI is InChI=1S/C24H29N2OP/c1-21(27)26(18-17-25)19-20-28(22-11-5-2-6-12-22,23-13-7-3-8-14-23)24-15-9-4-10-16-24/h2-16,28H,17-20,25H2,1H3. The van der Waals surface area contributed by atoms with E-state index in [1.165, 1.54) is 15.9 Å². The van der Waals surface area contributed by atoms with Gasteiger partial charge in [0, 0.05) is 0 Å².